The zero-order valence-electron chi connectivity index (χ0n) is 16.6. The van der Waals surface area contributed by atoms with E-state index in [4.69, 9.17) is 9.47 Å². The van der Waals surface area contributed by atoms with Crippen LogP contribution in [0.3, 0.4) is 0 Å². The van der Waals surface area contributed by atoms with Crippen LogP contribution in [0.1, 0.15) is 52.5 Å². The maximum Gasteiger partial charge on any atom is 0.417 e. The summed E-state index contributed by atoms with van der Waals surface area (Å²) in [6.45, 7) is 7.07. The van der Waals surface area contributed by atoms with Crippen LogP contribution in [0.15, 0.2) is 30.3 Å². The van der Waals surface area contributed by atoms with E-state index in [0.29, 0.717) is 6.42 Å². The van der Waals surface area contributed by atoms with Crippen LogP contribution in [0.5, 0.6) is 0 Å². The molecule has 0 aliphatic carbocycles. The van der Waals surface area contributed by atoms with E-state index in [1.807, 2.05) is 30.3 Å². The van der Waals surface area contributed by atoms with Crippen LogP contribution in [0.25, 0.3) is 0 Å². The van der Waals surface area contributed by atoms with Gasteiger partial charge in [0.2, 0.25) is 5.91 Å². The number of rotatable bonds is 6. The van der Waals surface area contributed by atoms with Crippen molar-refractivity contribution < 1.29 is 23.9 Å². The maximum absolute atomic E-state index is 12.8. The smallest absolute Gasteiger partial charge is 0.417 e. The van der Waals surface area contributed by atoms with Crippen molar-refractivity contribution in [3.05, 3.63) is 35.9 Å². The van der Waals surface area contributed by atoms with E-state index in [1.165, 1.54) is 5.56 Å². The van der Waals surface area contributed by atoms with Gasteiger partial charge in [0.05, 0.1) is 6.61 Å². The minimum absolute atomic E-state index is 0.199. The van der Waals surface area contributed by atoms with Crippen molar-refractivity contribution in [3.8, 4) is 0 Å². The Bertz CT molecular complexity index is 665. The zero-order chi connectivity index (χ0) is 20.0. The first-order valence-electron chi connectivity index (χ1n) is 9.49. The number of likely N-dealkylation sites (tertiary alicyclic amines) is 1. The molecule has 148 valence electrons. The first kappa shape index (κ1) is 20.9. The molecule has 1 heterocycles. The van der Waals surface area contributed by atoms with Crippen molar-refractivity contribution in [3.63, 3.8) is 0 Å². The van der Waals surface area contributed by atoms with Crippen molar-refractivity contribution >= 4 is 18.0 Å². The van der Waals surface area contributed by atoms with Crippen molar-refractivity contribution in [2.24, 2.45) is 5.92 Å². The lowest BCUT2D eigenvalue weighted by atomic mass is 9.96. The molecule has 0 unspecified atom stereocenters. The molecule has 0 aromatic heterocycles. The summed E-state index contributed by atoms with van der Waals surface area (Å²) in [5, 5.41) is 0. The van der Waals surface area contributed by atoms with Gasteiger partial charge in [-0.25, -0.2) is 14.5 Å². The first-order chi connectivity index (χ1) is 12.7. The Kier molecular flexibility index (Phi) is 6.99. The monoisotopic (exact) mass is 375 g/mol. The molecule has 6 heteroatoms. The van der Waals surface area contributed by atoms with E-state index in [1.54, 1.807) is 27.7 Å². The number of hydrogen-bond acceptors (Lipinski definition) is 5. The molecule has 2 rings (SSSR count). The van der Waals surface area contributed by atoms with Crippen LogP contribution in [-0.2, 0) is 25.5 Å². The average molecular weight is 375 g/mol. The first-order valence-corrected chi connectivity index (χ1v) is 9.49. The van der Waals surface area contributed by atoms with Crippen LogP contribution in [0.4, 0.5) is 4.79 Å². The molecule has 0 bridgehead atoms. The summed E-state index contributed by atoms with van der Waals surface area (Å²) in [6.07, 6.45) is 1.77. The molecule has 0 spiro atoms. The Hall–Kier alpha value is -2.37. The Morgan fingerprint density at radius 2 is 1.85 bits per heavy atom. The molecule has 0 N–H and O–H groups in total. The molecule has 1 aliphatic rings. The second kappa shape index (κ2) is 9.02. The Balaban J connectivity index is 2.05. The molecule has 6 nitrogen and oxygen atoms in total. The molecule has 2 atom stereocenters. The van der Waals surface area contributed by atoms with Gasteiger partial charge in [0.15, 0.2) is 0 Å². The number of imide groups is 1. The standard InChI is InChI=1S/C21H29NO5/c1-5-26-19(24)17-14-16(13-9-12-15-10-7-6-8-11-15)18(23)22(17)20(25)27-21(2,3)4/h6-8,10-11,16-17H,5,9,12-14H2,1-4H3/t16-,17+/m1/s1. The molecular formula is C21H29NO5. The van der Waals surface area contributed by atoms with E-state index in [0.717, 1.165) is 17.7 Å². The van der Waals surface area contributed by atoms with Crippen LogP contribution in [0.2, 0.25) is 0 Å². The molecule has 1 aromatic rings. The highest BCUT2D eigenvalue weighted by Crippen LogP contribution is 2.31. The fraction of sp³-hybridized carbons (Fsp3) is 0.571. The SMILES string of the molecule is CCOC(=O)[C@@H]1C[C@@H](CCCc2ccccc2)C(=O)N1C(=O)OC(C)(C)C. The number of nitrogens with zero attached hydrogens (tertiary/aromatic N) is 1. The summed E-state index contributed by atoms with van der Waals surface area (Å²) < 4.78 is 10.4. The van der Waals surface area contributed by atoms with Gasteiger partial charge in [-0.2, -0.15) is 0 Å². The summed E-state index contributed by atoms with van der Waals surface area (Å²) in [5.74, 6) is -1.28. The Morgan fingerprint density at radius 3 is 2.44 bits per heavy atom. The van der Waals surface area contributed by atoms with Gasteiger partial charge >= 0.3 is 12.1 Å². The normalized spacial score (nSPS) is 19.9. The lowest BCUT2D eigenvalue weighted by Crippen LogP contribution is -2.46. The fourth-order valence-electron chi connectivity index (χ4n) is 3.23. The molecule has 27 heavy (non-hydrogen) atoms. The van der Waals surface area contributed by atoms with Gasteiger partial charge in [0, 0.05) is 5.92 Å². The maximum atomic E-state index is 12.8. The van der Waals surface area contributed by atoms with E-state index in [9.17, 15) is 14.4 Å². The Morgan fingerprint density at radius 1 is 1.19 bits per heavy atom. The van der Waals surface area contributed by atoms with Crippen molar-refractivity contribution in [1.29, 1.82) is 0 Å². The number of carbonyl (C=O) groups is 3. The molecule has 0 radical (unpaired) electrons. The second-order valence-corrected chi connectivity index (χ2v) is 7.77. The van der Waals surface area contributed by atoms with Crippen LogP contribution in [0, 0.1) is 5.92 Å². The molecule has 1 aliphatic heterocycles. The highest BCUT2D eigenvalue weighted by Gasteiger charge is 2.48. The van der Waals surface area contributed by atoms with E-state index < -0.39 is 23.7 Å². The van der Waals surface area contributed by atoms with Gasteiger partial charge in [0.25, 0.3) is 0 Å². The molecule has 1 aromatic carbocycles. The van der Waals surface area contributed by atoms with Gasteiger partial charge in [-0.1, -0.05) is 30.3 Å². The predicted molar refractivity (Wildman–Crippen MR) is 101 cm³/mol. The fourth-order valence-corrected chi connectivity index (χ4v) is 3.23. The number of benzene rings is 1. The topological polar surface area (TPSA) is 72.9 Å². The molecule has 0 saturated carbocycles. The van der Waals surface area contributed by atoms with Crippen molar-refractivity contribution in [2.45, 2.75) is 65.0 Å². The van der Waals surface area contributed by atoms with Crippen LogP contribution < -0.4 is 0 Å². The Labute approximate surface area is 160 Å². The molecule has 1 fully saturated rings. The molecule has 1 saturated heterocycles. The summed E-state index contributed by atoms with van der Waals surface area (Å²) >= 11 is 0. The lowest BCUT2D eigenvalue weighted by molar-refractivity contribution is -0.151. The highest BCUT2D eigenvalue weighted by atomic mass is 16.6. The number of hydrogen-bond donors (Lipinski definition) is 0. The summed E-state index contributed by atoms with van der Waals surface area (Å²) in [4.78, 5) is 38.6. The minimum atomic E-state index is -0.908. The van der Waals surface area contributed by atoms with Gasteiger partial charge in [-0.3, -0.25) is 4.79 Å². The number of aryl methyl sites for hydroxylation is 1. The number of carbonyl (C=O) groups excluding carboxylic acids is 3. The number of amides is 2. The summed E-state index contributed by atoms with van der Waals surface area (Å²) in [5.41, 5.74) is 0.455. The van der Waals surface area contributed by atoms with E-state index in [-0.39, 0.29) is 24.9 Å². The summed E-state index contributed by atoms with van der Waals surface area (Å²) in [7, 11) is 0. The quantitative estimate of drug-likeness (QED) is 0.709. The van der Waals surface area contributed by atoms with Gasteiger partial charge in [-0.15, -0.1) is 0 Å². The molecule has 2 amide bonds. The van der Waals surface area contributed by atoms with Gasteiger partial charge in [-0.05, 0) is 58.9 Å². The van der Waals surface area contributed by atoms with Gasteiger partial charge < -0.3 is 9.47 Å². The number of ether oxygens (including phenoxy) is 2. The van der Waals surface area contributed by atoms with Crippen molar-refractivity contribution in [1.82, 2.24) is 4.90 Å². The highest BCUT2D eigenvalue weighted by molar-refractivity contribution is 6.00. The molecular weight excluding hydrogens is 346 g/mol. The second-order valence-electron chi connectivity index (χ2n) is 7.77. The largest absolute Gasteiger partial charge is 0.464 e. The van der Waals surface area contributed by atoms with E-state index >= 15 is 0 Å². The van der Waals surface area contributed by atoms with Crippen LogP contribution in [-0.4, -0.2) is 41.1 Å². The summed E-state index contributed by atoms with van der Waals surface area (Å²) in [6, 6.07) is 9.12. The average Bonchev–Trinajstić information content (AvgIpc) is 2.91. The lowest BCUT2D eigenvalue weighted by Gasteiger charge is -2.26. The van der Waals surface area contributed by atoms with Gasteiger partial charge in [0.1, 0.15) is 11.6 Å². The predicted octanol–water partition coefficient (Wildman–Crippen LogP) is 3.72. The van der Waals surface area contributed by atoms with Crippen molar-refractivity contribution in [2.75, 3.05) is 6.61 Å². The minimum Gasteiger partial charge on any atom is -0.464 e. The number of esters is 1. The van der Waals surface area contributed by atoms with Crippen LogP contribution >= 0.6 is 0 Å². The third-order valence-electron chi connectivity index (χ3n) is 4.42. The third kappa shape index (κ3) is 5.81. The zero-order valence-corrected chi connectivity index (χ0v) is 16.6. The third-order valence-corrected chi connectivity index (χ3v) is 4.42. The van der Waals surface area contributed by atoms with E-state index in [2.05, 4.69) is 0 Å².